The van der Waals surface area contributed by atoms with E-state index < -0.39 is 15.8 Å². The van der Waals surface area contributed by atoms with Gasteiger partial charge in [0.25, 0.3) is 0 Å². The molecule has 0 unspecified atom stereocenters. The molecule has 0 fully saturated rings. The van der Waals surface area contributed by atoms with Gasteiger partial charge in [0.1, 0.15) is 0 Å². The summed E-state index contributed by atoms with van der Waals surface area (Å²) in [5, 5.41) is 0. The minimum Gasteiger partial charge on any atom is -0.494 e. The van der Waals surface area contributed by atoms with Crippen molar-refractivity contribution in [3.8, 4) is 5.75 Å². The van der Waals surface area contributed by atoms with Crippen LogP contribution in [0.1, 0.15) is 11.1 Å². The Bertz CT molecular complexity index is 744. The maximum absolute atomic E-state index is 13.6. The van der Waals surface area contributed by atoms with Crippen LogP contribution < -0.4 is 9.46 Å². The van der Waals surface area contributed by atoms with Crippen LogP contribution in [0.15, 0.2) is 47.4 Å². The minimum absolute atomic E-state index is 0.00727. The van der Waals surface area contributed by atoms with Crippen molar-refractivity contribution in [3.63, 3.8) is 0 Å². The molecule has 0 radical (unpaired) electrons. The summed E-state index contributed by atoms with van der Waals surface area (Å²) < 4.78 is 45.1. The Morgan fingerprint density at radius 1 is 1.19 bits per heavy atom. The van der Waals surface area contributed by atoms with Gasteiger partial charge in [-0.05, 0) is 36.2 Å². The smallest absolute Gasteiger partial charge is 0.240 e. The Kier molecular flexibility index (Phi) is 4.59. The van der Waals surface area contributed by atoms with Crippen LogP contribution in [0.2, 0.25) is 0 Å². The largest absolute Gasteiger partial charge is 0.494 e. The van der Waals surface area contributed by atoms with Crippen molar-refractivity contribution in [3.05, 3.63) is 59.4 Å². The molecule has 0 aliphatic carbocycles. The predicted octanol–water partition coefficient (Wildman–Crippen LogP) is 2.62. The number of benzene rings is 2. The molecule has 0 aliphatic heterocycles. The first kappa shape index (κ1) is 15.5. The average Bonchev–Trinajstić information content (AvgIpc) is 2.46. The zero-order valence-electron chi connectivity index (χ0n) is 11.8. The van der Waals surface area contributed by atoms with Gasteiger partial charge in [-0.2, -0.15) is 0 Å². The quantitative estimate of drug-likeness (QED) is 0.923. The lowest BCUT2D eigenvalue weighted by atomic mass is 10.1. The van der Waals surface area contributed by atoms with Crippen LogP contribution >= 0.6 is 0 Å². The summed E-state index contributed by atoms with van der Waals surface area (Å²) in [6.45, 7) is 2.05. The van der Waals surface area contributed by atoms with Crippen molar-refractivity contribution in [1.29, 1.82) is 0 Å². The number of ether oxygens (including phenoxy) is 1. The fourth-order valence-electron chi connectivity index (χ4n) is 1.88. The third-order valence-electron chi connectivity index (χ3n) is 3.15. The highest BCUT2D eigenvalue weighted by Crippen LogP contribution is 2.20. The monoisotopic (exact) mass is 309 g/mol. The molecule has 6 heteroatoms. The normalized spacial score (nSPS) is 11.4. The van der Waals surface area contributed by atoms with Gasteiger partial charge in [0.2, 0.25) is 10.0 Å². The highest BCUT2D eigenvalue weighted by Gasteiger charge is 2.16. The maximum Gasteiger partial charge on any atom is 0.240 e. The number of halogens is 1. The van der Waals surface area contributed by atoms with Gasteiger partial charge in [-0.3, -0.25) is 0 Å². The Morgan fingerprint density at radius 3 is 2.52 bits per heavy atom. The number of hydrogen-bond donors (Lipinski definition) is 1. The zero-order chi connectivity index (χ0) is 15.5. The lowest BCUT2D eigenvalue weighted by Gasteiger charge is -2.10. The van der Waals surface area contributed by atoms with Gasteiger partial charge in [0.05, 0.1) is 12.0 Å². The molecule has 112 valence electrons. The summed E-state index contributed by atoms with van der Waals surface area (Å²) in [4.78, 5) is -0.130. The van der Waals surface area contributed by atoms with Crippen LogP contribution in [-0.4, -0.2) is 15.5 Å². The van der Waals surface area contributed by atoms with Gasteiger partial charge >= 0.3 is 0 Å². The van der Waals surface area contributed by atoms with Crippen LogP contribution in [0, 0.1) is 12.7 Å². The molecule has 21 heavy (non-hydrogen) atoms. The van der Waals surface area contributed by atoms with Gasteiger partial charge in [0, 0.05) is 6.54 Å². The zero-order valence-corrected chi connectivity index (χ0v) is 12.6. The van der Waals surface area contributed by atoms with Crippen molar-refractivity contribution in [2.45, 2.75) is 18.4 Å². The van der Waals surface area contributed by atoms with Crippen LogP contribution in [0.3, 0.4) is 0 Å². The second-order valence-corrected chi connectivity index (χ2v) is 6.31. The summed E-state index contributed by atoms with van der Waals surface area (Å²) in [5.74, 6) is -0.705. The van der Waals surface area contributed by atoms with Gasteiger partial charge < -0.3 is 4.74 Å². The molecule has 0 amide bonds. The number of nitrogens with one attached hydrogen (secondary N) is 1. The van der Waals surface area contributed by atoms with Gasteiger partial charge in [-0.25, -0.2) is 17.5 Å². The summed E-state index contributed by atoms with van der Waals surface area (Å²) in [7, 11) is -2.45. The fraction of sp³-hybridized carbons (Fsp3) is 0.200. The molecule has 0 saturated heterocycles. The van der Waals surface area contributed by atoms with E-state index in [1.165, 1.54) is 19.2 Å². The van der Waals surface area contributed by atoms with E-state index in [-0.39, 0.29) is 17.2 Å². The van der Waals surface area contributed by atoms with E-state index in [1.54, 1.807) is 0 Å². The third-order valence-corrected chi connectivity index (χ3v) is 4.55. The fourth-order valence-corrected chi connectivity index (χ4v) is 2.90. The Balaban J connectivity index is 2.19. The number of hydrogen-bond acceptors (Lipinski definition) is 3. The van der Waals surface area contributed by atoms with E-state index in [4.69, 9.17) is 4.74 Å². The molecule has 2 aromatic carbocycles. The Labute approximate surface area is 123 Å². The molecule has 0 aliphatic rings. The average molecular weight is 309 g/mol. The third kappa shape index (κ3) is 3.59. The van der Waals surface area contributed by atoms with Crippen LogP contribution in [0.25, 0.3) is 0 Å². The summed E-state index contributed by atoms with van der Waals surface area (Å²) in [6.07, 6.45) is 0. The van der Waals surface area contributed by atoms with E-state index >= 15 is 0 Å². The van der Waals surface area contributed by atoms with E-state index in [1.807, 2.05) is 31.2 Å². The van der Waals surface area contributed by atoms with Crippen molar-refractivity contribution in [2.24, 2.45) is 0 Å². The van der Waals surface area contributed by atoms with Crippen LogP contribution in [0.5, 0.6) is 5.75 Å². The maximum atomic E-state index is 13.6. The number of aryl methyl sites for hydroxylation is 1. The van der Waals surface area contributed by atoms with Gasteiger partial charge in [-0.15, -0.1) is 0 Å². The molecule has 0 aromatic heterocycles. The molecule has 4 nitrogen and oxygen atoms in total. The standard InChI is InChI=1S/C15H16FNO3S/c1-11-5-3-4-6-12(11)10-17-21(18,19)13-7-8-15(20-2)14(16)9-13/h3-9,17H,10H2,1-2H3. The first-order valence-corrected chi connectivity index (χ1v) is 7.80. The predicted molar refractivity (Wildman–Crippen MR) is 78.2 cm³/mol. The van der Waals surface area contributed by atoms with Crippen molar-refractivity contribution in [2.75, 3.05) is 7.11 Å². The van der Waals surface area contributed by atoms with Crippen molar-refractivity contribution < 1.29 is 17.5 Å². The molecule has 0 atom stereocenters. The van der Waals surface area contributed by atoms with E-state index in [0.29, 0.717) is 0 Å². The summed E-state index contributed by atoms with van der Waals surface area (Å²) in [5.41, 5.74) is 1.86. The molecule has 0 spiro atoms. The second kappa shape index (κ2) is 6.24. The lowest BCUT2D eigenvalue weighted by Crippen LogP contribution is -2.23. The molecule has 0 bridgehead atoms. The SMILES string of the molecule is COc1ccc(S(=O)(=O)NCc2ccccc2C)cc1F. The molecular formula is C15H16FNO3S. The van der Waals surface area contributed by atoms with E-state index in [0.717, 1.165) is 17.2 Å². The summed E-state index contributed by atoms with van der Waals surface area (Å²) in [6, 6.07) is 11.0. The number of methoxy groups -OCH3 is 1. The molecule has 1 N–H and O–H groups in total. The molecule has 2 rings (SSSR count). The van der Waals surface area contributed by atoms with E-state index in [9.17, 15) is 12.8 Å². The van der Waals surface area contributed by atoms with Gasteiger partial charge in [-0.1, -0.05) is 24.3 Å². The van der Waals surface area contributed by atoms with Crippen LogP contribution in [0.4, 0.5) is 4.39 Å². The molecule has 0 saturated carbocycles. The highest BCUT2D eigenvalue weighted by molar-refractivity contribution is 7.89. The Morgan fingerprint density at radius 2 is 1.90 bits per heavy atom. The molecule has 2 aromatic rings. The Hall–Kier alpha value is -1.92. The number of sulfonamides is 1. The number of rotatable bonds is 5. The van der Waals surface area contributed by atoms with Gasteiger partial charge in [0.15, 0.2) is 11.6 Å². The highest BCUT2D eigenvalue weighted by atomic mass is 32.2. The van der Waals surface area contributed by atoms with E-state index in [2.05, 4.69) is 4.72 Å². The topological polar surface area (TPSA) is 55.4 Å². The minimum atomic E-state index is -3.77. The van der Waals surface area contributed by atoms with Crippen molar-refractivity contribution >= 4 is 10.0 Å². The second-order valence-electron chi connectivity index (χ2n) is 4.55. The van der Waals surface area contributed by atoms with Crippen LogP contribution in [-0.2, 0) is 16.6 Å². The summed E-state index contributed by atoms with van der Waals surface area (Å²) >= 11 is 0. The molecular weight excluding hydrogens is 293 g/mol. The first-order valence-electron chi connectivity index (χ1n) is 6.32. The lowest BCUT2D eigenvalue weighted by molar-refractivity contribution is 0.385. The van der Waals surface area contributed by atoms with Crippen molar-refractivity contribution in [1.82, 2.24) is 4.72 Å². The first-order chi connectivity index (χ1) is 9.94. The molecule has 0 heterocycles.